The van der Waals surface area contributed by atoms with E-state index < -0.39 is 0 Å². The number of nitrogens with one attached hydrogen (secondary N) is 2. The predicted molar refractivity (Wildman–Crippen MR) is 71.4 cm³/mol. The van der Waals surface area contributed by atoms with Crippen LogP contribution in [0.4, 0.5) is 0 Å². The van der Waals surface area contributed by atoms with Gasteiger partial charge in [-0.1, -0.05) is 13.8 Å². The molecule has 0 radical (unpaired) electrons. The molecule has 0 bridgehead atoms. The summed E-state index contributed by atoms with van der Waals surface area (Å²) in [5.41, 5.74) is -0.00573. The number of rotatable bonds is 5. The van der Waals surface area contributed by atoms with Crippen molar-refractivity contribution in [3.8, 4) is 0 Å². The van der Waals surface area contributed by atoms with Crippen molar-refractivity contribution < 1.29 is 9.53 Å². The molecular formula is C14H26N2O2. The van der Waals surface area contributed by atoms with Gasteiger partial charge in [0.25, 0.3) is 0 Å². The normalized spacial score (nSPS) is 27.6. The number of carbonyl (C=O) groups is 1. The third-order valence-corrected chi connectivity index (χ3v) is 4.49. The van der Waals surface area contributed by atoms with Crippen molar-refractivity contribution in [2.75, 3.05) is 19.7 Å². The molecule has 4 heteroatoms. The summed E-state index contributed by atoms with van der Waals surface area (Å²) in [5.74, 6) is 0.765. The highest BCUT2D eigenvalue weighted by Gasteiger charge is 2.35. The van der Waals surface area contributed by atoms with Crippen LogP contribution in [0.3, 0.4) is 0 Å². The summed E-state index contributed by atoms with van der Waals surface area (Å²) in [4.78, 5) is 11.9. The summed E-state index contributed by atoms with van der Waals surface area (Å²) in [6, 6.07) is 0.305. The van der Waals surface area contributed by atoms with Crippen LogP contribution in [0.2, 0.25) is 0 Å². The smallest absolute Gasteiger partial charge is 0.220 e. The van der Waals surface area contributed by atoms with Gasteiger partial charge in [0.1, 0.15) is 0 Å². The Morgan fingerprint density at radius 1 is 1.39 bits per heavy atom. The van der Waals surface area contributed by atoms with Crippen molar-refractivity contribution >= 4 is 5.91 Å². The SMILES string of the molecule is CCC1(CC)CC(NC(=O)CC2CNC2)CCO1. The molecule has 2 aliphatic rings. The number of ether oxygens (including phenoxy) is 1. The Kier molecular flexibility index (Phi) is 4.62. The third kappa shape index (κ3) is 3.23. The molecule has 0 aromatic rings. The van der Waals surface area contributed by atoms with Gasteiger partial charge in [0.05, 0.1) is 5.60 Å². The summed E-state index contributed by atoms with van der Waals surface area (Å²) in [5, 5.41) is 6.40. The maximum Gasteiger partial charge on any atom is 0.220 e. The first kappa shape index (κ1) is 13.8. The largest absolute Gasteiger partial charge is 0.375 e. The van der Waals surface area contributed by atoms with E-state index in [1.54, 1.807) is 0 Å². The second-order valence-electron chi connectivity index (χ2n) is 5.72. The lowest BCUT2D eigenvalue weighted by Crippen LogP contribution is -2.50. The molecule has 2 aliphatic heterocycles. The average molecular weight is 254 g/mol. The average Bonchev–Trinajstić information content (AvgIpc) is 2.34. The summed E-state index contributed by atoms with van der Waals surface area (Å²) in [6.07, 6.45) is 4.66. The molecule has 1 unspecified atom stereocenters. The van der Waals surface area contributed by atoms with Crippen molar-refractivity contribution in [2.24, 2.45) is 5.92 Å². The molecule has 2 N–H and O–H groups in total. The molecule has 1 atom stereocenters. The standard InChI is InChI=1S/C14H26N2O2/c1-3-14(4-2)8-12(5-6-18-14)16-13(17)7-11-9-15-10-11/h11-12,15H,3-10H2,1-2H3,(H,16,17). The van der Waals surface area contributed by atoms with Crippen molar-refractivity contribution in [1.82, 2.24) is 10.6 Å². The Balaban J connectivity index is 1.79. The maximum atomic E-state index is 11.9. The second kappa shape index (κ2) is 6.02. The van der Waals surface area contributed by atoms with Crippen LogP contribution in [0.15, 0.2) is 0 Å². The Labute approximate surface area is 110 Å². The quantitative estimate of drug-likeness (QED) is 0.781. The van der Waals surface area contributed by atoms with Gasteiger partial charge in [0.2, 0.25) is 5.91 Å². The van der Waals surface area contributed by atoms with E-state index in [4.69, 9.17) is 4.74 Å². The predicted octanol–water partition coefficient (Wildman–Crippen LogP) is 1.45. The highest BCUT2D eigenvalue weighted by Crippen LogP contribution is 2.31. The second-order valence-corrected chi connectivity index (χ2v) is 5.72. The number of carbonyl (C=O) groups excluding carboxylic acids is 1. The van der Waals surface area contributed by atoms with Gasteiger partial charge in [0, 0.05) is 19.1 Å². The van der Waals surface area contributed by atoms with Gasteiger partial charge in [-0.05, 0) is 44.7 Å². The molecule has 1 amide bonds. The Hall–Kier alpha value is -0.610. The number of hydrogen-bond donors (Lipinski definition) is 2. The van der Waals surface area contributed by atoms with Crippen molar-refractivity contribution in [3.05, 3.63) is 0 Å². The molecule has 18 heavy (non-hydrogen) atoms. The van der Waals surface area contributed by atoms with Gasteiger partial charge in [-0.3, -0.25) is 4.79 Å². The number of amides is 1. The van der Waals surface area contributed by atoms with E-state index in [2.05, 4.69) is 24.5 Å². The first-order valence-corrected chi connectivity index (χ1v) is 7.31. The molecule has 0 spiro atoms. The van der Waals surface area contributed by atoms with Gasteiger partial charge >= 0.3 is 0 Å². The summed E-state index contributed by atoms with van der Waals surface area (Å²) in [6.45, 7) is 7.11. The minimum atomic E-state index is -0.00573. The molecular weight excluding hydrogens is 228 g/mol. The molecule has 2 heterocycles. The van der Waals surface area contributed by atoms with Crippen LogP contribution >= 0.6 is 0 Å². The Bertz CT molecular complexity index is 286. The van der Waals surface area contributed by atoms with Crippen LogP contribution < -0.4 is 10.6 Å². The lowest BCUT2D eigenvalue weighted by molar-refractivity contribution is -0.127. The van der Waals surface area contributed by atoms with Gasteiger partial charge < -0.3 is 15.4 Å². The molecule has 0 aliphatic carbocycles. The minimum absolute atomic E-state index is 0.00573. The van der Waals surface area contributed by atoms with E-state index in [0.717, 1.165) is 45.4 Å². The summed E-state index contributed by atoms with van der Waals surface area (Å²) < 4.78 is 5.93. The number of hydrogen-bond acceptors (Lipinski definition) is 3. The highest BCUT2D eigenvalue weighted by molar-refractivity contribution is 5.76. The third-order valence-electron chi connectivity index (χ3n) is 4.49. The molecule has 2 saturated heterocycles. The fourth-order valence-electron chi connectivity index (χ4n) is 2.94. The van der Waals surface area contributed by atoms with Crippen LogP contribution in [0.5, 0.6) is 0 Å². The minimum Gasteiger partial charge on any atom is -0.375 e. The molecule has 0 aromatic carbocycles. The van der Waals surface area contributed by atoms with E-state index in [9.17, 15) is 4.79 Å². The topological polar surface area (TPSA) is 50.4 Å². The zero-order valence-corrected chi connectivity index (χ0v) is 11.6. The van der Waals surface area contributed by atoms with Crippen LogP contribution in [0, 0.1) is 5.92 Å². The molecule has 0 saturated carbocycles. The van der Waals surface area contributed by atoms with E-state index in [1.165, 1.54) is 0 Å². The first-order chi connectivity index (χ1) is 8.67. The summed E-state index contributed by atoms with van der Waals surface area (Å²) in [7, 11) is 0. The maximum absolute atomic E-state index is 11.9. The van der Waals surface area contributed by atoms with Crippen molar-refractivity contribution in [2.45, 2.75) is 57.6 Å². The lowest BCUT2D eigenvalue weighted by atomic mass is 9.85. The molecule has 0 aromatic heterocycles. The zero-order chi connectivity index (χ0) is 13.0. The van der Waals surface area contributed by atoms with Gasteiger partial charge in [0.15, 0.2) is 0 Å². The van der Waals surface area contributed by atoms with E-state index in [1.807, 2.05) is 0 Å². The Morgan fingerprint density at radius 3 is 2.67 bits per heavy atom. The van der Waals surface area contributed by atoms with Crippen molar-refractivity contribution in [1.29, 1.82) is 0 Å². The van der Waals surface area contributed by atoms with E-state index in [-0.39, 0.29) is 11.5 Å². The summed E-state index contributed by atoms with van der Waals surface area (Å²) >= 11 is 0. The first-order valence-electron chi connectivity index (χ1n) is 7.31. The highest BCUT2D eigenvalue weighted by atomic mass is 16.5. The molecule has 104 valence electrons. The lowest BCUT2D eigenvalue weighted by Gasteiger charge is -2.40. The van der Waals surface area contributed by atoms with E-state index >= 15 is 0 Å². The van der Waals surface area contributed by atoms with Crippen molar-refractivity contribution in [3.63, 3.8) is 0 Å². The van der Waals surface area contributed by atoms with E-state index in [0.29, 0.717) is 18.4 Å². The van der Waals surface area contributed by atoms with Crippen LogP contribution in [-0.4, -0.2) is 37.2 Å². The van der Waals surface area contributed by atoms with Crippen LogP contribution in [-0.2, 0) is 9.53 Å². The zero-order valence-electron chi connectivity index (χ0n) is 11.6. The van der Waals surface area contributed by atoms with Gasteiger partial charge in [-0.2, -0.15) is 0 Å². The van der Waals surface area contributed by atoms with Crippen LogP contribution in [0.25, 0.3) is 0 Å². The molecule has 2 fully saturated rings. The Morgan fingerprint density at radius 2 is 2.11 bits per heavy atom. The fourth-order valence-corrected chi connectivity index (χ4v) is 2.94. The fraction of sp³-hybridized carbons (Fsp3) is 0.929. The van der Waals surface area contributed by atoms with Crippen LogP contribution in [0.1, 0.15) is 46.0 Å². The molecule has 4 nitrogen and oxygen atoms in total. The molecule has 2 rings (SSSR count). The van der Waals surface area contributed by atoms with Gasteiger partial charge in [-0.15, -0.1) is 0 Å². The monoisotopic (exact) mass is 254 g/mol. The van der Waals surface area contributed by atoms with Gasteiger partial charge in [-0.25, -0.2) is 0 Å².